The molecule has 0 aliphatic rings. The van der Waals surface area contributed by atoms with Gasteiger partial charge in [0.25, 0.3) is 5.91 Å². The van der Waals surface area contributed by atoms with Crippen molar-refractivity contribution in [2.75, 3.05) is 5.32 Å². The zero-order valence-corrected chi connectivity index (χ0v) is 11.3. The van der Waals surface area contributed by atoms with Crippen molar-refractivity contribution in [2.45, 2.75) is 6.92 Å². The summed E-state index contributed by atoms with van der Waals surface area (Å²) in [6, 6.07) is 7.68. The molecule has 1 aromatic carbocycles. The molecule has 102 valence electrons. The maximum Gasteiger partial charge on any atom is 0.336 e. The first-order valence-corrected chi connectivity index (χ1v) is 6.12. The van der Waals surface area contributed by atoms with Gasteiger partial charge < -0.3 is 10.4 Å². The van der Waals surface area contributed by atoms with Crippen LogP contribution in [0.25, 0.3) is 0 Å². The van der Waals surface area contributed by atoms with Gasteiger partial charge in [-0.1, -0.05) is 17.7 Å². The summed E-state index contributed by atoms with van der Waals surface area (Å²) in [5.74, 6) is -1.49. The lowest BCUT2D eigenvalue weighted by molar-refractivity contribution is 0.0695. The maximum atomic E-state index is 12.0. The number of carboxylic acids is 1. The third-order valence-corrected chi connectivity index (χ3v) is 3.00. The molecule has 0 aliphatic carbocycles. The largest absolute Gasteiger partial charge is 0.478 e. The molecule has 6 heteroatoms. The van der Waals surface area contributed by atoms with Crippen LogP contribution in [0.3, 0.4) is 0 Å². The molecule has 0 bridgehead atoms. The number of pyridine rings is 1. The van der Waals surface area contributed by atoms with E-state index in [2.05, 4.69) is 10.3 Å². The first-order valence-electron chi connectivity index (χ1n) is 5.75. The van der Waals surface area contributed by atoms with Gasteiger partial charge in [0.05, 0.1) is 5.56 Å². The number of carbonyl (C=O) groups excluding carboxylic acids is 1. The van der Waals surface area contributed by atoms with E-state index >= 15 is 0 Å². The Morgan fingerprint density at radius 1 is 1.30 bits per heavy atom. The third-order valence-electron chi connectivity index (χ3n) is 2.77. The first kappa shape index (κ1) is 14.0. The monoisotopic (exact) mass is 290 g/mol. The number of hydrogen-bond acceptors (Lipinski definition) is 3. The topological polar surface area (TPSA) is 79.3 Å². The Morgan fingerprint density at radius 3 is 2.70 bits per heavy atom. The van der Waals surface area contributed by atoms with Gasteiger partial charge in [0.1, 0.15) is 5.69 Å². The molecule has 0 saturated heterocycles. The molecule has 1 heterocycles. The number of aromatic nitrogens is 1. The van der Waals surface area contributed by atoms with E-state index < -0.39 is 11.9 Å². The Labute approximate surface area is 120 Å². The number of halogens is 1. The summed E-state index contributed by atoms with van der Waals surface area (Å²) in [5, 5.41) is 12.1. The van der Waals surface area contributed by atoms with Crippen LogP contribution in [0.2, 0.25) is 5.02 Å². The highest BCUT2D eigenvalue weighted by Gasteiger charge is 2.13. The van der Waals surface area contributed by atoms with Gasteiger partial charge in [-0.05, 0) is 36.8 Å². The number of hydrogen-bond donors (Lipinski definition) is 2. The van der Waals surface area contributed by atoms with Crippen LogP contribution in [-0.2, 0) is 0 Å². The molecule has 5 nitrogen and oxygen atoms in total. The summed E-state index contributed by atoms with van der Waals surface area (Å²) in [6.45, 7) is 1.63. The molecule has 0 fully saturated rings. The number of amides is 1. The molecular weight excluding hydrogens is 280 g/mol. The lowest BCUT2D eigenvalue weighted by Crippen LogP contribution is -2.15. The molecule has 0 aliphatic heterocycles. The number of carboxylic acid groups (broad SMARTS) is 1. The van der Waals surface area contributed by atoms with Crippen LogP contribution < -0.4 is 5.32 Å². The van der Waals surface area contributed by atoms with Crippen LogP contribution in [0.5, 0.6) is 0 Å². The van der Waals surface area contributed by atoms with Crippen LogP contribution >= 0.6 is 11.6 Å². The quantitative estimate of drug-likeness (QED) is 0.911. The van der Waals surface area contributed by atoms with E-state index in [4.69, 9.17) is 16.7 Å². The molecule has 0 radical (unpaired) electrons. The lowest BCUT2D eigenvalue weighted by atomic mass is 10.1. The molecule has 2 N–H and O–H groups in total. The predicted molar refractivity (Wildman–Crippen MR) is 75.3 cm³/mol. The zero-order valence-electron chi connectivity index (χ0n) is 10.6. The summed E-state index contributed by atoms with van der Waals surface area (Å²) in [6.07, 6.45) is 1.43. The van der Waals surface area contributed by atoms with Crippen molar-refractivity contribution in [1.29, 1.82) is 0 Å². The Bertz CT molecular complexity index is 686. The molecule has 0 unspecified atom stereocenters. The number of aromatic carboxylic acids is 1. The van der Waals surface area contributed by atoms with Crippen molar-refractivity contribution in [3.05, 3.63) is 58.4 Å². The van der Waals surface area contributed by atoms with Gasteiger partial charge >= 0.3 is 5.97 Å². The van der Waals surface area contributed by atoms with E-state index in [1.165, 1.54) is 18.3 Å². The van der Waals surface area contributed by atoms with Crippen LogP contribution in [0.1, 0.15) is 26.4 Å². The van der Waals surface area contributed by atoms with Crippen LogP contribution in [0, 0.1) is 6.92 Å². The number of nitrogens with zero attached hydrogens (tertiary/aromatic N) is 1. The van der Waals surface area contributed by atoms with E-state index in [1.807, 2.05) is 0 Å². The van der Waals surface area contributed by atoms with E-state index in [-0.39, 0.29) is 11.3 Å². The number of anilines is 1. The van der Waals surface area contributed by atoms with Crippen molar-refractivity contribution >= 4 is 29.2 Å². The summed E-state index contributed by atoms with van der Waals surface area (Å²) in [4.78, 5) is 27.0. The van der Waals surface area contributed by atoms with Crippen molar-refractivity contribution < 1.29 is 14.7 Å². The second kappa shape index (κ2) is 5.71. The van der Waals surface area contributed by atoms with Crippen molar-refractivity contribution in [1.82, 2.24) is 4.98 Å². The van der Waals surface area contributed by atoms with Crippen LogP contribution in [0.15, 0.2) is 36.5 Å². The minimum atomic E-state index is -1.04. The zero-order chi connectivity index (χ0) is 14.7. The first-order chi connectivity index (χ1) is 9.49. The summed E-state index contributed by atoms with van der Waals surface area (Å²) >= 11 is 5.79. The normalized spacial score (nSPS) is 10.1. The predicted octanol–water partition coefficient (Wildman–Crippen LogP) is 2.99. The van der Waals surface area contributed by atoms with Crippen LogP contribution in [-0.4, -0.2) is 22.0 Å². The van der Waals surface area contributed by atoms with Gasteiger partial charge in [-0.25, -0.2) is 4.79 Å². The van der Waals surface area contributed by atoms with Gasteiger partial charge in [-0.3, -0.25) is 9.78 Å². The van der Waals surface area contributed by atoms with Crippen molar-refractivity contribution in [3.63, 3.8) is 0 Å². The molecular formula is C14H11ClN2O3. The van der Waals surface area contributed by atoms with E-state index in [0.717, 1.165) is 0 Å². The summed E-state index contributed by atoms with van der Waals surface area (Å²) < 4.78 is 0. The third kappa shape index (κ3) is 2.95. The van der Waals surface area contributed by atoms with Gasteiger partial charge in [0.15, 0.2) is 0 Å². The fourth-order valence-corrected chi connectivity index (χ4v) is 1.88. The second-order valence-electron chi connectivity index (χ2n) is 4.10. The molecule has 1 aromatic heterocycles. The maximum absolute atomic E-state index is 12.0. The highest BCUT2D eigenvalue weighted by molar-refractivity contribution is 6.31. The standard InChI is InChI=1S/C14H11ClN2O3/c1-8-10(14(19)20)3-2-4-11(8)17-13(18)12-7-9(15)5-6-16-12/h2-7H,1H3,(H,17,18)(H,19,20). The average molecular weight is 291 g/mol. The summed E-state index contributed by atoms with van der Waals surface area (Å²) in [7, 11) is 0. The fourth-order valence-electron chi connectivity index (χ4n) is 1.72. The lowest BCUT2D eigenvalue weighted by Gasteiger charge is -2.10. The van der Waals surface area contributed by atoms with Gasteiger partial charge in [0, 0.05) is 16.9 Å². The number of benzene rings is 1. The van der Waals surface area contributed by atoms with E-state index in [1.54, 1.807) is 25.1 Å². The fraction of sp³-hybridized carbons (Fsp3) is 0.0714. The molecule has 2 rings (SSSR count). The molecule has 0 atom stereocenters. The smallest absolute Gasteiger partial charge is 0.336 e. The van der Waals surface area contributed by atoms with Gasteiger partial charge in [-0.15, -0.1) is 0 Å². The Hall–Kier alpha value is -2.40. The highest BCUT2D eigenvalue weighted by Crippen LogP contribution is 2.20. The van der Waals surface area contributed by atoms with Crippen molar-refractivity contribution in [3.8, 4) is 0 Å². The average Bonchev–Trinajstić information content (AvgIpc) is 2.40. The highest BCUT2D eigenvalue weighted by atomic mass is 35.5. The molecule has 1 amide bonds. The Morgan fingerprint density at radius 2 is 2.05 bits per heavy atom. The second-order valence-corrected chi connectivity index (χ2v) is 4.53. The van der Waals surface area contributed by atoms with Crippen LogP contribution in [0.4, 0.5) is 5.69 Å². The Balaban J connectivity index is 2.29. The number of rotatable bonds is 3. The molecule has 0 saturated carbocycles. The van der Waals surface area contributed by atoms with E-state index in [0.29, 0.717) is 16.3 Å². The summed E-state index contributed by atoms with van der Waals surface area (Å²) in [5.41, 5.74) is 1.21. The molecule has 20 heavy (non-hydrogen) atoms. The number of nitrogens with one attached hydrogen (secondary N) is 1. The molecule has 0 spiro atoms. The molecule has 2 aromatic rings. The van der Waals surface area contributed by atoms with Crippen molar-refractivity contribution in [2.24, 2.45) is 0 Å². The number of carbonyl (C=O) groups is 2. The minimum Gasteiger partial charge on any atom is -0.478 e. The SMILES string of the molecule is Cc1c(NC(=O)c2cc(Cl)ccn2)cccc1C(=O)O. The van der Waals surface area contributed by atoms with Gasteiger partial charge in [-0.2, -0.15) is 0 Å². The van der Waals surface area contributed by atoms with E-state index in [9.17, 15) is 9.59 Å². The minimum absolute atomic E-state index is 0.141. The Kier molecular flexibility index (Phi) is 4.00. The van der Waals surface area contributed by atoms with Gasteiger partial charge in [0.2, 0.25) is 0 Å².